The highest BCUT2D eigenvalue weighted by atomic mass is 19.1. The van der Waals surface area contributed by atoms with Crippen LogP contribution in [0.1, 0.15) is 56.2 Å². The van der Waals surface area contributed by atoms with Crippen LogP contribution in [0.2, 0.25) is 0 Å². The van der Waals surface area contributed by atoms with Gasteiger partial charge in [-0.15, -0.1) is 0 Å². The van der Waals surface area contributed by atoms with Crippen LogP contribution in [0.5, 0.6) is 5.75 Å². The quantitative estimate of drug-likeness (QED) is 0.862. The summed E-state index contributed by atoms with van der Waals surface area (Å²) in [6.45, 7) is 6.09. The van der Waals surface area contributed by atoms with Crippen molar-refractivity contribution >= 4 is 0 Å². The van der Waals surface area contributed by atoms with E-state index in [1.165, 1.54) is 0 Å². The number of hydrogen-bond donors (Lipinski definition) is 1. The molecule has 0 spiro atoms. The molecule has 94 valence electrons. The molecule has 1 aromatic rings. The number of nitrogens with zero attached hydrogens (tertiary/aromatic N) is 1. The molecule has 0 amide bonds. The largest absolute Gasteiger partial charge is 0.491 e. The van der Waals surface area contributed by atoms with Gasteiger partial charge in [-0.3, -0.25) is 0 Å². The number of hydrogen-bond acceptors (Lipinski definition) is 3. The van der Waals surface area contributed by atoms with E-state index in [1.807, 2.05) is 20.8 Å². The fraction of sp³-hybridized carbons (Fsp3) is 0.615. The van der Waals surface area contributed by atoms with Crippen LogP contribution >= 0.6 is 0 Å². The Balaban J connectivity index is 2.65. The predicted molar refractivity (Wildman–Crippen MR) is 62.7 cm³/mol. The third-order valence-corrected chi connectivity index (χ3v) is 3.09. The molecule has 1 atom stereocenters. The van der Waals surface area contributed by atoms with Crippen molar-refractivity contribution in [3.8, 4) is 5.75 Å². The Morgan fingerprint density at radius 1 is 1.53 bits per heavy atom. The molecule has 0 saturated heterocycles. The molecule has 0 bridgehead atoms. The average Bonchev–Trinajstić information content (AvgIpc) is 2.28. The highest BCUT2D eigenvalue weighted by Crippen LogP contribution is 2.37. The van der Waals surface area contributed by atoms with Crippen LogP contribution in [0.15, 0.2) is 0 Å². The lowest BCUT2D eigenvalue weighted by atomic mass is 9.99. The maximum atomic E-state index is 14.2. The molecular weight excluding hydrogens is 221 g/mol. The van der Waals surface area contributed by atoms with E-state index in [0.29, 0.717) is 42.1 Å². The maximum absolute atomic E-state index is 14.2. The molecule has 1 aliphatic rings. The number of ether oxygens (including phenoxy) is 1. The van der Waals surface area contributed by atoms with Crippen molar-refractivity contribution in [3.63, 3.8) is 0 Å². The van der Waals surface area contributed by atoms with Crippen LogP contribution in [0.4, 0.5) is 4.39 Å². The molecular formula is C13H18FNO2. The topological polar surface area (TPSA) is 42.4 Å². The Labute approximate surface area is 101 Å². The Hall–Kier alpha value is -1.16. The lowest BCUT2D eigenvalue weighted by Crippen LogP contribution is -2.19. The minimum absolute atomic E-state index is 0.000253. The van der Waals surface area contributed by atoms with E-state index in [2.05, 4.69) is 4.98 Å². The molecule has 1 aliphatic heterocycles. The number of rotatable bonds is 2. The predicted octanol–water partition coefficient (Wildman–Crippen LogP) is 2.72. The number of halogens is 1. The number of aromatic nitrogens is 1. The molecule has 3 nitrogen and oxygen atoms in total. The van der Waals surface area contributed by atoms with Gasteiger partial charge in [0.05, 0.1) is 12.3 Å². The summed E-state index contributed by atoms with van der Waals surface area (Å²) in [4.78, 5) is 4.25. The molecule has 1 N–H and O–H groups in total. The smallest absolute Gasteiger partial charge is 0.151 e. The van der Waals surface area contributed by atoms with Gasteiger partial charge in [-0.25, -0.2) is 9.37 Å². The molecule has 2 heterocycles. The zero-order valence-electron chi connectivity index (χ0n) is 10.5. The summed E-state index contributed by atoms with van der Waals surface area (Å²) in [5, 5.41) is 9.91. The monoisotopic (exact) mass is 239 g/mol. The van der Waals surface area contributed by atoms with Crippen LogP contribution in [0.25, 0.3) is 0 Å². The zero-order valence-corrected chi connectivity index (χ0v) is 10.5. The SMILES string of the molecule is CCc1c(F)c(C(C)C)nc2c1OCC[C@H]2O. The van der Waals surface area contributed by atoms with Gasteiger partial charge in [0.15, 0.2) is 5.82 Å². The van der Waals surface area contributed by atoms with E-state index in [9.17, 15) is 9.50 Å². The van der Waals surface area contributed by atoms with Gasteiger partial charge < -0.3 is 9.84 Å². The van der Waals surface area contributed by atoms with Crippen LogP contribution in [0, 0.1) is 5.82 Å². The van der Waals surface area contributed by atoms with Gasteiger partial charge in [0.2, 0.25) is 0 Å². The van der Waals surface area contributed by atoms with Crippen molar-refractivity contribution < 1.29 is 14.2 Å². The molecule has 0 fully saturated rings. The van der Waals surface area contributed by atoms with E-state index < -0.39 is 6.10 Å². The molecule has 2 rings (SSSR count). The highest BCUT2D eigenvalue weighted by Gasteiger charge is 2.28. The fourth-order valence-electron chi connectivity index (χ4n) is 2.13. The number of aliphatic hydroxyl groups is 1. The van der Waals surface area contributed by atoms with Gasteiger partial charge in [0.1, 0.15) is 17.5 Å². The first-order valence-corrected chi connectivity index (χ1v) is 6.09. The highest BCUT2D eigenvalue weighted by molar-refractivity contribution is 5.43. The van der Waals surface area contributed by atoms with Crippen molar-refractivity contribution in [1.82, 2.24) is 4.98 Å². The first-order valence-electron chi connectivity index (χ1n) is 6.09. The van der Waals surface area contributed by atoms with Crippen molar-refractivity contribution in [1.29, 1.82) is 0 Å². The van der Waals surface area contributed by atoms with Gasteiger partial charge in [-0.1, -0.05) is 20.8 Å². The van der Waals surface area contributed by atoms with E-state index in [4.69, 9.17) is 4.74 Å². The Bertz CT molecular complexity index is 432. The Kier molecular flexibility index (Phi) is 3.33. The third-order valence-electron chi connectivity index (χ3n) is 3.09. The molecule has 0 unspecified atom stereocenters. The number of fused-ring (bicyclic) bond motifs is 1. The normalized spacial score (nSPS) is 19.1. The molecule has 17 heavy (non-hydrogen) atoms. The van der Waals surface area contributed by atoms with Crippen LogP contribution in [-0.4, -0.2) is 16.7 Å². The van der Waals surface area contributed by atoms with Gasteiger partial charge >= 0.3 is 0 Å². The first-order chi connectivity index (χ1) is 8.06. The lowest BCUT2D eigenvalue weighted by molar-refractivity contribution is 0.108. The molecule has 0 aromatic carbocycles. The second-order valence-electron chi connectivity index (χ2n) is 4.67. The van der Waals surface area contributed by atoms with Gasteiger partial charge in [-0.05, 0) is 12.3 Å². The lowest BCUT2D eigenvalue weighted by Gasteiger charge is -2.25. The summed E-state index contributed by atoms with van der Waals surface area (Å²) in [5.74, 6) is 0.170. The van der Waals surface area contributed by atoms with E-state index in [-0.39, 0.29) is 11.7 Å². The van der Waals surface area contributed by atoms with Gasteiger partial charge in [0.25, 0.3) is 0 Å². The summed E-state index contributed by atoms with van der Waals surface area (Å²) >= 11 is 0. The summed E-state index contributed by atoms with van der Waals surface area (Å²) < 4.78 is 19.7. The van der Waals surface area contributed by atoms with Crippen LogP contribution in [-0.2, 0) is 6.42 Å². The van der Waals surface area contributed by atoms with Crippen molar-refractivity contribution in [2.24, 2.45) is 0 Å². The van der Waals surface area contributed by atoms with Crippen molar-refractivity contribution in [2.75, 3.05) is 6.61 Å². The van der Waals surface area contributed by atoms with Gasteiger partial charge in [0, 0.05) is 12.0 Å². The third kappa shape index (κ3) is 2.02. The van der Waals surface area contributed by atoms with E-state index in [0.717, 1.165) is 0 Å². The van der Waals surface area contributed by atoms with Crippen molar-refractivity contribution in [3.05, 3.63) is 22.8 Å². The van der Waals surface area contributed by atoms with Crippen LogP contribution in [0.3, 0.4) is 0 Å². The number of pyridine rings is 1. The number of aliphatic hydroxyl groups excluding tert-OH is 1. The standard InChI is InChI=1S/C13H18FNO2/c1-4-8-10(14)11(7(2)3)15-12-9(16)5-6-17-13(8)12/h7,9,16H,4-6H2,1-3H3/t9-/m1/s1. The van der Waals surface area contributed by atoms with Gasteiger partial charge in [-0.2, -0.15) is 0 Å². The first kappa shape index (κ1) is 12.3. The fourth-order valence-corrected chi connectivity index (χ4v) is 2.13. The minimum Gasteiger partial charge on any atom is -0.491 e. The maximum Gasteiger partial charge on any atom is 0.151 e. The molecule has 0 saturated carbocycles. The Morgan fingerprint density at radius 2 is 2.24 bits per heavy atom. The summed E-state index contributed by atoms with van der Waals surface area (Å²) in [6, 6.07) is 0. The average molecular weight is 239 g/mol. The van der Waals surface area contributed by atoms with Crippen LogP contribution < -0.4 is 4.74 Å². The second kappa shape index (κ2) is 4.61. The molecule has 0 radical (unpaired) electrons. The summed E-state index contributed by atoms with van der Waals surface area (Å²) in [5.41, 5.74) is 1.46. The van der Waals surface area contributed by atoms with Crippen molar-refractivity contribution in [2.45, 2.75) is 45.6 Å². The molecule has 1 aromatic heterocycles. The van der Waals surface area contributed by atoms with E-state index >= 15 is 0 Å². The molecule has 4 heteroatoms. The zero-order chi connectivity index (χ0) is 12.6. The molecule has 0 aliphatic carbocycles. The second-order valence-corrected chi connectivity index (χ2v) is 4.67. The Morgan fingerprint density at radius 3 is 2.82 bits per heavy atom. The minimum atomic E-state index is -0.637. The van der Waals surface area contributed by atoms with E-state index in [1.54, 1.807) is 0 Å². The summed E-state index contributed by atoms with van der Waals surface area (Å²) in [6.07, 6.45) is 0.428. The summed E-state index contributed by atoms with van der Waals surface area (Å²) in [7, 11) is 0.